The minimum Gasteiger partial charge on any atom is -0.399 e. The molecular weight excluding hydrogens is 430 g/mol. The van der Waals surface area contributed by atoms with Gasteiger partial charge in [0.1, 0.15) is 5.82 Å². The van der Waals surface area contributed by atoms with Gasteiger partial charge in [0.25, 0.3) is 5.56 Å². The molecule has 0 aliphatic carbocycles. The van der Waals surface area contributed by atoms with Crippen molar-refractivity contribution in [2.45, 2.75) is 19.5 Å². The minimum atomic E-state index is -0.0633. The quantitative estimate of drug-likeness (QED) is 0.414. The molecule has 0 atom stereocenters. The number of hydrogen-bond acceptors (Lipinski definition) is 4. The van der Waals surface area contributed by atoms with Gasteiger partial charge in [-0.3, -0.25) is 9.69 Å². The summed E-state index contributed by atoms with van der Waals surface area (Å²) in [6, 6.07) is 13.5. The van der Waals surface area contributed by atoms with Crippen molar-refractivity contribution in [2.24, 2.45) is 0 Å². The van der Waals surface area contributed by atoms with Gasteiger partial charge in [-0.15, -0.1) is 0 Å². The summed E-state index contributed by atoms with van der Waals surface area (Å²) >= 11 is 3.65. The van der Waals surface area contributed by atoms with Crippen molar-refractivity contribution >= 4 is 32.5 Å². The Kier molecular flexibility index (Phi) is 4.49. The van der Waals surface area contributed by atoms with Crippen LogP contribution in [0, 0.1) is 0 Å². The molecular formula is C22H20BrN5O. The number of benzene rings is 2. The zero-order valence-electron chi connectivity index (χ0n) is 15.7. The topological polar surface area (TPSA) is 90.8 Å². The second-order valence-electron chi connectivity index (χ2n) is 7.40. The number of fused-ring (bicyclic) bond motifs is 2. The van der Waals surface area contributed by atoms with E-state index in [9.17, 15) is 4.79 Å². The predicted molar refractivity (Wildman–Crippen MR) is 119 cm³/mol. The van der Waals surface area contributed by atoms with Gasteiger partial charge in [-0.05, 0) is 42.0 Å². The van der Waals surface area contributed by atoms with Crippen LogP contribution in [0.1, 0.15) is 16.8 Å². The number of nitrogen functional groups attached to an aromatic ring is 1. The van der Waals surface area contributed by atoms with Crippen LogP contribution in [0.2, 0.25) is 0 Å². The maximum Gasteiger partial charge on any atom is 0.255 e. The van der Waals surface area contributed by atoms with Crippen molar-refractivity contribution in [3.63, 3.8) is 0 Å². The van der Waals surface area contributed by atoms with Gasteiger partial charge >= 0.3 is 0 Å². The van der Waals surface area contributed by atoms with E-state index < -0.39 is 0 Å². The minimum absolute atomic E-state index is 0.0633. The van der Waals surface area contributed by atoms with Crippen molar-refractivity contribution in [3.8, 4) is 11.4 Å². The Bertz CT molecular complexity index is 1260. The number of nitrogens with two attached hydrogens (primary N) is 1. The maximum atomic E-state index is 12.8. The maximum absolute atomic E-state index is 12.8. The van der Waals surface area contributed by atoms with Crippen molar-refractivity contribution in [1.29, 1.82) is 0 Å². The van der Waals surface area contributed by atoms with Crippen LogP contribution in [-0.2, 0) is 19.5 Å². The number of nitrogens with zero attached hydrogens (tertiary/aromatic N) is 2. The summed E-state index contributed by atoms with van der Waals surface area (Å²) in [5, 5.41) is 1.20. The predicted octanol–water partition coefficient (Wildman–Crippen LogP) is 3.82. The highest BCUT2D eigenvalue weighted by molar-refractivity contribution is 9.10. The lowest BCUT2D eigenvalue weighted by molar-refractivity contribution is 0.242. The number of halogens is 1. The van der Waals surface area contributed by atoms with Crippen molar-refractivity contribution < 1.29 is 0 Å². The van der Waals surface area contributed by atoms with Crippen LogP contribution >= 0.6 is 15.9 Å². The van der Waals surface area contributed by atoms with Gasteiger partial charge in [-0.25, -0.2) is 4.98 Å². The lowest BCUT2D eigenvalue weighted by Gasteiger charge is -2.27. The number of aromatic nitrogens is 3. The largest absolute Gasteiger partial charge is 0.399 e. The summed E-state index contributed by atoms with van der Waals surface area (Å²) in [6.45, 7) is 2.24. The molecule has 146 valence electrons. The Balaban J connectivity index is 1.42. The molecule has 6 nitrogen and oxygen atoms in total. The number of H-pyrrole nitrogens is 2. The summed E-state index contributed by atoms with van der Waals surface area (Å²) < 4.78 is 1.08. The Morgan fingerprint density at radius 3 is 2.83 bits per heavy atom. The zero-order valence-corrected chi connectivity index (χ0v) is 17.3. The van der Waals surface area contributed by atoms with Gasteiger partial charge < -0.3 is 15.7 Å². The number of aromatic amines is 2. The number of hydrogen-bond donors (Lipinski definition) is 3. The van der Waals surface area contributed by atoms with Crippen LogP contribution in [0.4, 0.5) is 5.69 Å². The molecule has 0 saturated heterocycles. The highest BCUT2D eigenvalue weighted by Gasteiger charge is 2.22. The molecule has 29 heavy (non-hydrogen) atoms. The average Bonchev–Trinajstić information content (AvgIpc) is 3.13. The average molecular weight is 450 g/mol. The van der Waals surface area contributed by atoms with Gasteiger partial charge in [-0.2, -0.15) is 0 Å². The molecule has 0 radical (unpaired) electrons. The van der Waals surface area contributed by atoms with Gasteiger partial charge in [0.2, 0.25) is 0 Å². The molecule has 0 spiro atoms. The summed E-state index contributed by atoms with van der Waals surface area (Å²) in [6.07, 6.45) is 2.81. The first-order valence-electron chi connectivity index (χ1n) is 9.53. The molecule has 0 bridgehead atoms. The zero-order chi connectivity index (χ0) is 20.0. The fourth-order valence-corrected chi connectivity index (χ4v) is 4.59. The third-order valence-corrected chi connectivity index (χ3v) is 6.12. The normalized spacial score (nSPS) is 14.2. The molecule has 0 fully saturated rings. The molecule has 3 heterocycles. The molecule has 0 amide bonds. The molecule has 7 heteroatoms. The fraction of sp³-hybridized carbons (Fsp3) is 0.182. The van der Waals surface area contributed by atoms with E-state index in [1.165, 1.54) is 10.9 Å². The molecule has 4 N–H and O–H groups in total. The van der Waals surface area contributed by atoms with Gasteiger partial charge in [0.15, 0.2) is 0 Å². The summed E-state index contributed by atoms with van der Waals surface area (Å²) in [7, 11) is 0. The van der Waals surface area contributed by atoms with E-state index in [4.69, 9.17) is 10.7 Å². The molecule has 2 aromatic heterocycles. The highest BCUT2D eigenvalue weighted by Crippen LogP contribution is 2.29. The standard InChI is InChI=1S/C22H20BrN5O/c23-17-2-1-3-19-20(17)14(10-25-19)11-28-9-8-18-16(12-28)22(29)27-21(26-18)13-4-6-15(24)7-5-13/h1-7,10,25H,8-9,11-12,24H2,(H,26,27,29). The molecule has 0 unspecified atom stereocenters. The molecule has 2 aromatic carbocycles. The van der Waals surface area contributed by atoms with Crippen LogP contribution in [0.5, 0.6) is 0 Å². The monoisotopic (exact) mass is 449 g/mol. The van der Waals surface area contributed by atoms with Crippen LogP contribution in [0.25, 0.3) is 22.3 Å². The lowest BCUT2D eigenvalue weighted by Crippen LogP contribution is -2.35. The van der Waals surface area contributed by atoms with E-state index in [1.807, 2.05) is 30.3 Å². The third kappa shape index (κ3) is 3.36. The second-order valence-corrected chi connectivity index (χ2v) is 8.25. The Morgan fingerprint density at radius 2 is 2.00 bits per heavy atom. The fourth-order valence-electron chi connectivity index (χ4n) is 3.97. The van der Waals surface area contributed by atoms with Gasteiger partial charge in [0, 0.05) is 58.9 Å². The summed E-state index contributed by atoms with van der Waals surface area (Å²) in [4.78, 5) is 26.1. The first-order chi connectivity index (χ1) is 14.1. The van der Waals surface area contributed by atoms with Crippen LogP contribution in [0.3, 0.4) is 0 Å². The SMILES string of the molecule is Nc1ccc(-c2nc3c(c(=O)[nH]2)CN(Cc2c[nH]c4cccc(Br)c24)CC3)cc1. The number of rotatable bonds is 3. The van der Waals surface area contributed by atoms with Crippen LogP contribution in [0.15, 0.2) is 57.9 Å². The Morgan fingerprint density at radius 1 is 1.17 bits per heavy atom. The third-order valence-electron chi connectivity index (χ3n) is 5.46. The van der Waals surface area contributed by atoms with E-state index in [0.717, 1.165) is 46.3 Å². The Hall–Kier alpha value is -2.90. The van der Waals surface area contributed by atoms with E-state index in [1.54, 1.807) is 0 Å². The first kappa shape index (κ1) is 18.1. The van der Waals surface area contributed by atoms with Crippen molar-refractivity contribution in [1.82, 2.24) is 19.9 Å². The molecule has 5 rings (SSSR count). The van der Waals surface area contributed by atoms with Crippen LogP contribution in [-0.4, -0.2) is 26.4 Å². The molecule has 1 aliphatic heterocycles. The van der Waals surface area contributed by atoms with E-state index in [0.29, 0.717) is 18.1 Å². The number of nitrogens with one attached hydrogen (secondary N) is 2. The second kappa shape index (κ2) is 7.17. The molecule has 4 aromatic rings. The van der Waals surface area contributed by atoms with Gasteiger partial charge in [0.05, 0.1) is 11.3 Å². The van der Waals surface area contributed by atoms with Gasteiger partial charge in [-0.1, -0.05) is 22.0 Å². The Labute approximate surface area is 175 Å². The summed E-state index contributed by atoms with van der Waals surface area (Å²) in [5.41, 5.74) is 11.2. The van der Waals surface area contributed by atoms with E-state index in [-0.39, 0.29) is 5.56 Å². The van der Waals surface area contributed by atoms with Crippen molar-refractivity contribution in [2.75, 3.05) is 12.3 Å². The number of anilines is 1. The summed E-state index contributed by atoms with van der Waals surface area (Å²) in [5.74, 6) is 0.600. The van der Waals surface area contributed by atoms with Crippen molar-refractivity contribution in [3.05, 3.63) is 80.3 Å². The smallest absolute Gasteiger partial charge is 0.255 e. The highest BCUT2D eigenvalue weighted by atomic mass is 79.9. The lowest BCUT2D eigenvalue weighted by atomic mass is 10.0. The van der Waals surface area contributed by atoms with E-state index in [2.05, 4.69) is 49.1 Å². The van der Waals surface area contributed by atoms with Crippen LogP contribution < -0.4 is 11.3 Å². The molecule has 1 aliphatic rings. The molecule has 0 saturated carbocycles. The first-order valence-corrected chi connectivity index (χ1v) is 10.3. The van der Waals surface area contributed by atoms with E-state index >= 15 is 0 Å².